The Kier molecular flexibility index (Phi) is 9.90. The van der Waals surface area contributed by atoms with E-state index in [1.807, 2.05) is 12.2 Å². The van der Waals surface area contributed by atoms with Gasteiger partial charge in [-0.1, -0.05) is 55.4 Å². The van der Waals surface area contributed by atoms with E-state index in [9.17, 15) is 4.79 Å². The molecule has 1 aromatic rings. The van der Waals surface area contributed by atoms with Gasteiger partial charge in [0, 0.05) is 6.08 Å². The zero-order valence-corrected chi connectivity index (χ0v) is 18.6. The molecule has 2 rings (SSSR count). The minimum absolute atomic E-state index is 0.169. The third kappa shape index (κ3) is 9.46. The van der Waals surface area contributed by atoms with Crippen LogP contribution >= 0.6 is 0 Å². The summed E-state index contributed by atoms with van der Waals surface area (Å²) >= 11 is 0. The van der Waals surface area contributed by atoms with E-state index in [2.05, 4.69) is 39.8 Å². The first kappa shape index (κ1) is 25.0. The van der Waals surface area contributed by atoms with Crippen molar-refractivity contribution in [1.29, 1.82) is 0 Å². The fourth-order valence-electron chi connectivity index (χ4n) is 3.33. The molecule has 4 heteroatoms. The van der Waals surface area contributed by atoms with Crippen LogP contribution in [0.4, 0.5) is 0 Å². The second kappa shape index (κ2) is 11.9. The van der Waals surface area contributed by atoms with E-state index in [1.54, 1.807) is 13.0 Å². The molecule has 0 spiro atoms. The quantitative estimate of drug-likeness (QED) is 0.287. The van der Waals surface area contributed by atoms with Gasteiger partial charge in [-0.05, 0) is 80.9 Å². The molecule has 0 saturated carbocycles. The zero-order chi connectivity index (χ0) is 22.7. The Bertz CT molecular complexity index is 842. The second-order valence-corrected chi connectivity index (χ2v) is 8.28. The summed E-state index contributed by atoms with van der Waals surface area (Å²) in [4.78, 5) is 10.5. The minimum atomic E-state index is -0.912. The van der Waals surface area contributed by atoms with Crippen molar-refractivity contribution in [3.8, 4) is 11.5 Å². The lowest BCUT2D eigenvalue weighted by molar-refractivity contribution is -0.131. The summed E-state index contributed by atoms with van der Waals surface area (Å²) in [5.41, 5.74) is 5.09. The molecular weight excluding hydrogens is 376 g/mol. The van der Waals surface area contributed by atoms with Crippen molar-refractivity contribution < 1.29 is 20.1 Å². The molecule has 0 aliphatic heterocycles. The van der Waals surface area contributed by atoms with Gasteiger partial charge in [0.2, 0.25) is 0 Å². The molecule has 0 aromatic heterocycles. The van der Waals surface area contributed by atoms with Gasteiger partial charge in [-0.25, -0.2) is 4.79 Å². The highest BCUT2D eigenvalue weighted by molar-refractivity contribution is 5.81. The first-order chi connectivity index (χ1) is 14.0. The number of phenols is 2. The Labute approximate surface area is 180 Å². The minimum Gasteiger partial charge on any atom is -0.508 e. The van der Waals surface area contributed by atoms with Gasteiger partial charge in [-0.2, -0.15) is 0 Å². The summed E-state index contributed by atoms with van der Waals surface area (Å²) in [6, 6.07) is 5.70. The van der Waals surface area contributed by atoms with Gasteiger partial charge < -0.3 is 15.3 Å². The van der Waals surface area contributed by atoms with Crippen molar-refractivity contribution in [2.24, 2.45) is 5.41 Å². The molecule has 4 nitrogen and oxygen atoms in total. The summed E-state index contributed by atoms with van der Waals surface area (Å²) < 4.78 is 0. The predicted molar refractivity (Wildman–Crippen MR) is 124 cm³/mol. The second-order valence-electron chi connectivity index (χ2n) is 8.28. The van der Waals surface area contributed by atoms with Crippen LogP contribution in [0.2, 0.25) is 0 Å². The lowest BCUT2D eigenvalue weighted by Gasteiger charge is -2.32. The third-order valence-electron chi connectivity index (χ3n) is 4.97. The third-order valence-corrected chi connectivity index (χ3v) is 4.97. The first-order valence-corrected chi connectivity index (χ1v) is 10.1. The summed E-state index contributed by atoms with van der Waals surface area (Å²) in [6.45, 7) is 10.7. The van der Waals surface area contributed by atoms with Gasteiger partial charge >= 0.3 is 5.97 Å². The molecule has 1 aromatic carbocycles. The van der Waals surface area contributed by atoms with E-state index >= 15 is 0 Å². The monoisotopic (exact) mass is 410 g/mol. The summed E-state index contributed by atoms with van der Waals surface area (Å²) in [7, 11) is 0. The molecule has 0 amide bonds. The highest BCUT2D eigenvalue weighted by Gasteiger charge is 2.26. The van der Waals surface area contributed by atoms with Crippen LogP contribution in [0.5, 0.6) is 11.5 Å². The van der Waals surface area contributed by atoms with Gasteiger partial charge in [0.1, 0.15) is 11.5 Å². The van der Waals surface area contributed by atoms with Gasteiger partial charge in [0.25, 0.3) is 0 Å². The molecule has 30 heavy (non-hydrogen) atoms. The molecule has 0 bridgehead atoms. The number of aliphatic carboxylic acids is 1. The molecule has 3 N–H and O–H groups in total. The Hall–Kier alpha value is -3.01. The zero-order valence-electron chi connectivity index (χ0n) is 18.6. The molecule has 1 aliphatic rings. The molecule has 0 atom stereocenters. The number of benzene rings is 1. The SMILES string of the molecule is CC1=C(/C=C/C(C)=C/C=C/C(C)=C/C(=O)O)C(C)(C)CCC1.Oc1ccc(O)cc1. The molecule has 1 aliphatic carbocycles. The molecule has 0 fully saturated rings. The van der Waals surface area contributed by atoms with E-state index in [0.29, 0.717) is 0 Å². The number of hydrogen-bond donors (Lipinski definition) is 3. The van der Waals surface area contributed by atoms with Crippen LogP contribution in [-0.4, -0.2) is 21.3 Å². The summed E-state index contributed by atoms with van der Waals surface area (Å²) in [5, 5.41) is 25.9. The normalized spacial score (nSPS) is 17.2. The van der Waals surface area contributed by atoms with Gasteiger partial charge in [-0.15, -0.1) is 0 Å². The Morgan fingerprint density at radius 1 is 1.00 bits per heavy atom. The van der Waals surface area contributed by atoms with Gasteiger partial charge in [-0.3, -0.25) is 0 Å². The van der Waals surface area contributed by atoms with Crippen LogP contribution in [-0.2, 0) is 4.79 Å². The van der Waals surface area contributed by atoms with E-state index in [4.69, 9.17) is 15.3 Å². The average Bonchev–Trinajstić information content (AvgIpc) is 2.63. The highest BCUT2D eigenvalue weighted by atomic mass is 16.4. The van der Waals surface area contributed by atoms with Crippen LogP contribution in [0.3, 0.4) is 0 Å². The van der Waals surface area contributed by atoms with Crippen molar-refractivity contribution in [1.82, 2.24) is 0 Å². The number of carboxylic acid groups (broad SMARTS) is 1. The smallest absolute Gasteiger partial charge is 0.328 e. The van der Waals surface area contributed by atoms with Crippen molar-refractivity contribution >= 4 is 5.97 Å². The number of allylic oxidation sites excluding steroid dienone is 9. The van der Waals surface area contributed by atoms with Crippen molar-refractivity contribution in [3.05, 3.63) is 83.0 Å². The van der Waals surface area contributed by atoms with E-state index in [0.717, 1.165) is 11.1 Å². The number of aromatic hydroxyl groups is 2. The lowest BCUT2D eigenvalue weighted by atomic mass is 9.72. The lowest BCUT2D eigenvalue weighted by Crippen LogP contribution is -2.19. The highest BCUT2D eigenvalue weighted by Crippen LogP contribution is 2.40. The van der Waals surface area contributed by atoms with Gasteiger partial charge in [0.15, 0.2) is 0 Å². The van der Waals surface area contributed by atoms with Crippen LogP contribution in [0.15, 0.2) is 83.0 Å². The maximum atomic E-state index is 10.5. The van der Waals surface area contributed by atoms with Crippen molar-refractivity contribution in [3.63, 3.8) is 0 Å². The van der Waals surface area contributed by atoms with Crippen molar-refractivity contribution in [2.75, 3.05) is 0 Å². The fraction of sp³-hybridized carbons (Fsp3) is 0.346. The molecule has 0 radical (unpaired) electrons. The Morgan fingerprint density at radius 2 is 1.57 bits per heavy atom. The number of carbonyl (C=O) groups is 1. The first-order valence-electron chi connectivity index (χ1n) is 10.1. The number of phenolic OH excluding ortho intramolecular Hbond substituents is 2. The average molecular weight is 411 g/mol. The van der Waals surface area contributed by atoms with Crippen LogP contribution in [0.25, 0.3) is 0 Å². The van der Waals surface area contributed by atoms with Crippen LogP contribution < -0.4 is 0 Å². The Morgan fingerprint density at radius 3 is 2.07 bits per heavy atom. The largest absolute Gasteiger partial charge is 0.508 e. The van der Waals surface area contributed by atoms with E-state index < -0.39 is 5.97 Å². The topological polar surface area (TPSA) is 77.8 Å². The standard InChI is InChI=1S/C20H28O2.C6H6O2/c1-15(8-6-9-16(2)14-19(21)22)11-12-18-17(3)10-7-13-20(18,4)5;7-5-1-2-6(8)4-3-5/h6,8-9,11-12,14H,7,10,13H2,1-5H3,(H,21,22);1-4,7-8H/b9-6+,12-11+,15-8+,16-14+;. The number of carboxylic acids is 1. The molecule has 0 heterocycles. The predicted octanol–water partition coefficient (Wildman–Crippen LogP) is 6.70. The number of hydrogen-bond acceptors (Lipinski definition) is 3. The molecule has 162 valence electrons. The van der Waals surface area contributed by atoms with Crippen molar-refractivity contribution in [2.45, 2.75) is 53.9 Å². The van der Waals surface area contributed by atoms with E-state index in [1.165, 1.54) is 60.8 Å². The fourth-order valence-corrected chi connectivity index (χ4v) is 3.33. The van der Waals surface area contributed by atoms with E-state index in [-0.39, 0.29) is 16.9 Å². The number of rotatable bonds is 5. The molecular formula is C26H34O4. The maximum absolute atomic E-state index is 10.5. The Balaban J connectivity index is 0.000000467. The van der Waals surface area contributed by atoms with Crippen LogP contribution in [0.1, 0.15) is 53.9 Å². The maximum Gasteiger partial charge on any atom is 0.328 e. The summed E-state index contributed by atoms with van der Waals surface area (Å²) in [6.07, 6.45) is 15.0. The molecule has 0 unspecified atom stereocenters. The van der Waals surface area contributed by atoms with Crippen LogP contribution in [0, 0.1) is 5.41 Å². The van der Waals surface area contributed by atoms with Gasteiger partial charge in [0.05, 0.1) is 0 Å². The summed E-state index contributed by atoms with van der Waals surface area (Å²) in [5.74, 6) is -0.574. The molecule has 0 saturated heterocycles.